The van der Waals surface area contributed by atoms with Crippen LogP contribution in [0.25, 0.3) is 44.4 Å². The number of carbonyl (C=O) groups is 2. The molecule has 2 aliphatic rings. The number of allylic oxidation sites excluding steroid dienone is 4. The molecule has 0 atom stereocenters. The van der Waals surface area contributed by atoms with Gasteiger partial charge in [0.1, 0.15) is 0 Å². The molecule has 0 fully saturated rings. The Labute approximate surface area is 256 Å². The van der Waals surface area contributed by atoms with Crippen LogP contribution in [0.1, 0.15) is 91.5 Å². The number of nitrogens with one attached hydrogen (secondary N) is 2. The standard InChI is InChI=1S/C34H38N4O4S/c1-6-21-17(2)27-15-30-24(11-12-43)20(5)26(36-30)13-25-18(3)22(7-9-33(39)40)31(37-25)16-32-23(8-10-34(41)42)19(4)28(38-32)14-29(21)35-27/h13-16,35,38,43H,6-12H2,1-5H3,(H,39,40)(H,41,42). The summed E-state index contributed by atoms with van der Waals surface area (Å²) in [5, 5.41) is 19.0. The molecule has 3 aromatic rings. The van der Waals surface area contributed by atoms with E-state index in [1.807, 2.05) is 26.0 Å². The summed E-state index contributed by atoms with van der Waals surface area (Å²) in [4.78, 5) is 40.4. The first kappa shape index (κ1) is 30.4. The van der Waals surface area contributed by atoms with Crippen molar-refractivity contribution >= 4 is 68.9 Å². The number of aromatic amines is 2. The summed E-state index contributed by atoms with van der Waals surface area (Å²) in [6.07, 6.45) is 2.29. The maximum atomic E-state index is 11.6. The minimum absolute atomic E-state index is 0.00304. The molecular formula is C34H38N4O4S. The smallest absolute Gasteiger partial charge is 0.303 e. The fourth-order valence-electron chi connectivity index (χ4n) is 6.20. The highest BCUT2D eigenvalue weighted by molar-refractivity contribution is 7.80. The van der Waals surface area contributed by atoms with Crippen molar-refractivity contribution in [2.45, 2.75) is 73.1 Å². The number of aryl methyl sites for hydroxylation is 4. The zero-order valence-corrected chi connectivity index (χ0v) is 26.2. The van der Waals surface area contributed by atoms with Gasteiger partial charge < -0.3 is 20.2 Å². The summed E-state index contributed by atoms with van der Waals surface area (Å²) < 4.78 is 0. The second-order valence-electron chi connectivity index (χ2n) is 11.3. The van der Waals surface area contributed by atoms with Gasteiger partial charge in [-0.15, -0.1) is 0 Å². The molecule has 0 unspecified atom stereocenters. The zero-order chi connectivity index (χ0) is 31.0. The van der Waals surface area contributed by atoms with E-state index in [1.54, 1.807) is 0 Å². The molecule has 8 nitrogen and oxygen atoms in total. The third-order valence-corrected chi connectivity index (χ3v) is 8.92. The molecule has 9 heteroatoms. The summed E-state index contributed by atoms with van der Waals surface area (Å²) in [7, 11) is 0. The van der Waals surface area contributed by atoms with E-state index >= 15 is 0 Å². The van der Waals surface area contributed by atoms with Gasteiger partial charge in [0.15, 0.2) is 0 Å². The van der Waals surface area contributed by atoms with E-state index in [2.05, 4.69) is 55.5 Å². The van der Waals surface area contributed by atoms with Crippen LogP contribution in [0.4, 0.5) is 0 Å². The molecule has 0 aromatic carbocycles. The largest absolute Gasteiger partial charge is 0.481 e. The van der Waals surface area contributed by atoms with Crippen molar-refractivity contribution in [2.24, 2.45) is 0 Å². The Hall–Kier alpha value is -4.11. The van der Waals surface area contributed by atoms with Gasteiger partial charge in [0, 0.05) is 34.9 Å². The van der Waals surface area contributed by atoms with Gasteiger partial charge in [-0.3, -0.25) is 9.59 Å². The fourth-order valence-corrected chi connectivity index (χ4v) is 6.42. The molecule has 5 heterocycles. The Morgan fingerprint density at radius 2 is 1.16 bits per heavy atom. The molecule has 0 spiro atoms. The van der Waals surface area contributed by atoms with Gasteiger partial charge in [-0.25, -0.2) is 9.97 Å². The molecule has 4 N–H and O–H groups in total. The van der Waals surface area contributed by atoms with Gasteiger partial charge in [0.2, 0.25) is 0 Å². The minimum atomic E-state index is -0.873. The lowest BCUT2D eigenvalue weighted by atomic mass is 9.99. The van der Waals surface area contributed by atoms with Crippen LogP contribution < -0.4 is 0 Å². The van der Waals surface area contributed by atoms with Gasteiger partial charge in [-0.05, 0) is 128 Å². The number of nitrogens with zero attached hydrogens (tertiary/aromatic N) is 2. The number of H-pyrrole nitrogens is 2. The molecule has 0 radical (unpaired) electrons. The summed E-state index contributed by atoms with van der Waals surface area (Å²) in [5.74, 6) is -1.04. The van der Waals surface area contributed by atoms with Gasteiger partial charge in [0.25, 0.3) is 0 Å². The highest BCUT2D eigenvalue weighted by atomic mass is 32.1. The van der Waals surface area contributed by atoms with E-state index < -0.39 is 11.9 Å². The fraction of sp³-hybridized carbons (Fsp3) is 0.353. The van der Waals surface area contributed by atoms with Crippen LogP contribution in [0.5, 0.6) is 0 Å². The molecule has 224 valence electrons. The van der Waals surface area contributed by atoms with Crippen LogP contribution >= 0.6 is 12.6 Å². The second-order valence-corrected chi connectivity index (χ2v) is 11.7. The van der Waals surface area contributed by atoms with E-state index in [0.29, 0.717) is 24.3 Å². The summed E-state index contributed by atoms with van der Waals surface area (Å²) in [6, 6.07) is 8.16. The van der Waals surface area contributed by atoms with E-state index in [1.165, 1.54) is 11.1 Å². The molecule has 0 aliphatic carbocycles. The maximum absolute atomic E-state index is 11.6. The van der Waals surface area contributed by atoms with Crippen molar-refractivity contribution in [3.63, 3.8) is 0 Å². The number of aliphatic carboxylic acids is 2. The van der Waals surface area contributed by atoms with Gasteiger partial charge >= 0.3 is 11.9 Å². The van der Waals surface area contributed by atoms with Crippen molar-refractivity contribution in [2.75, 3.05) is 5.75 Å². The first-order valence-corrected chi connectivity index (χ1v) is 15.3. The van der Waals surface area contributed by atoms with E-state index in [-0.39, 0.29) is 12.8 Å². The maximum Gasteiger partial charge on any atom is 0.303 e. The number of rotatable bonds is 9. The predicted molar refractivity (Wildman–Crippen MR) is 176 cm³/mol. The van der Waals surface area contributed by atoms with Crippen molar-refractivity contribution in [1.29, 1.82) is 0 Å². The van der Waals surface area contributed by atoms with Gasteiger partial charge in [0.05, 0.1) is 22.8 Å². The molecule has 0 saturated carbocycles. The van der Waals surface area contributed by atoms with Crippen LogP contribution in [0.2, 0.25) is 0 Å². The number of fused-ring (bicyclic) bond motifs is 8. The van der Waals surface area contributed by atoms with Crippen molar-refractivity contribution in [1.82, 2.24) is 19.9 Å². The van der Waals surface area contributed by atoms with Crippen LogP contribution in [0.15, 0.2) is 24.3 Å². The lowest BCUT2D eigenvalue weighted by molar-refractivity contribution is -0.137. The number of hydrogen-bond acceptors (Lipinski definition) is 5. The van der Waals surface area contributed by atoms with Crippen LogP contribution in [0, 0.1) is 13.8 Å². The third kappa shape index (κ3) is 5.91. The Balaban J connectivity index is 1.93. The molecular weight excluding hydrogens is 560 g/mol. The Morgan fingerprint density at radius 1 is 0.674 bits per heavy atom. The number of aromatic nitrogens is 4. The number of carboxylic acids is 2. The highest BCUT2D eigenvalue weighted by Crippen LogP contribution is 2.37. The van der Waals surface area contributed by atoms with E-state index in [0.717, 1.165) is 85.4 Å². The molecule has 8 bridgehead atoms. The normalized spacial score (nSPS) is 13.3. The number of hydrogen-bond donors (Lipinski definition) is 5. The zero-order valence-electron chi connectivity index (χ0n) is 25.3. The van der Waals surface area contributed by atoms with Crippen molar-refractivity contribution in [3.8, 4) is 0 Å². The number of carboxylic acid groups (broad SMARTS) is 2. The summed E-state index contributed by atoms with van der Waals surface area (Å²) >= 11 is 4.53. The lowest BCUT2D eigenvalue weighted by Crippen LogP contribution is -1.98. The van der Waals surface area contributed by atoms with Crippen LogP contribution in [0.3, 0.4) is 0 Å². The first-order chi connectivity index (χ1) is 20.5. The SMILES string of the molecule is CCc1c(C)c2cc3nc(cc4nc(cc5[nH]c(cc1[nH]2)c(C)c5CCC(=O)O)C(CCC(=O)O)=C4C)C(C)=C3CCS. The second kappa shape index (κ2) is 12.2. The quantitative estimate of drug-likeness (QED) is 0.162. The third-order valence-electron chi connectivity index (χ3n) is 8.69. The molecule has 0 amide bonds. The monoisotopic (exact) mass is 598 g/mol. The van der Waals surface area contributed by atoms with E-state index in [4.69, 9.17) is 9.97 Å². The predicted octanol–water partition coefficient (Wildman–Crippen LogP) is 7.56. The van der Waals surface area contributed by atoms with Gasteiger partial charge in [-0.2, -0.15) is 12.6 Å². The summed E-state index contributed by atoms with van der Waals surface area (Å²) in [6.45, 7) is 10.3. The molecule has 5 rings (SSSR count). The lowest BCUT2D eigenvalue weighted by Gasteiger charge is -2.03. The van der Waals surface area contributed by atoms with Crippen molar-refractivity contribution in [3.05, 3.63) is 69.3 Å². The molecule has 0 saturated heterocycles. The van der Waals surface area contributed by atoms with Crippen LogP contribution in [-0.2, 0) is 22.4 Å². The van der Waals surface area contributed by atoms with Gasteiger partial charge in [-0.1, -0.05) is 6.92 Å². The van der Waals surface area contributed by atoms with Crippen LogP contribution in [-0.4, -0.2) is 47.8 Å². The molecule has 3 aromatic heterocycles. The molecule has 43 heavy (non-hydrogen) atoms. The Morgan fingerprint density at radius 3 is 1.72 bits per heavy atom. The highest BCUT2D eigenvalue weighted by Gasteiger charge is 2.22. The summed E-state index contributed by atoms with van der Waals surface area (Å²) in [5.41, 5.74) is 15.1. The molecule has 2 aliphatic heterocycles. The van der Waals surface area contributed by atoms with E-state index in [9.17, 15) is 19.8 Å². The average Bonchev–Trinajstić information content (AvgIpc) is 3.61. The minimum Gasteiger partial charge on any atom is -0.481 e. The number of thiol groups is 1. The topological polar surface area (TPSA) is 132 Å². The van der Waals surface area contributed by atoms with Crippen molar-refractivity contribution < 1.29 is 19.8 Å². The Kier molecular flexibility index (Phi) is 8.64. The first-order valence-electron chi connectivity index (χ1n) is 14.7. The Bertz CT molecular complexity index is 1880. The average molecular weight is 599 g/mol.